The number of hydrogen-bond donors (Lipinski definition) is 0. The first-order valence-electron chi connectivity index (χ1n) is 12.4. The van der Waals surface area contributed by atoms with Gasteiger partial charge in [-0.3, -0.25) is 19.6 Å². The lowest BCUT2D eigenvalue weighted by Gasteiger charge is -2.53. The second-order valence-electron chi connectivity index (χ2n) is 9.60. The predicted octanol–water partition coefficient (Wildman–Crippen LogP) is 4.90. The topological polar surface area (TPSA) is 48.9 Å². The first-order chi connectivity index (χ1) is 17.1. The molecule has 38 heavy (non-hydrogen) atoms. The average Bonchev–Trinajstić information content (AvgIpc) is 2.90. The normalized spacial score (nSPS) is 19.4. The van der Waals surface area contributed by atoms with Gasteiger partial charge in [-0.15, -0.1) is 37.2 Å². The summed E-state index contributed by atoms with van der Waals surface area (Å²) in [7, 11) is 1.71. The molecule has 9 heteroatoms. The number of ether oxygens (including phenoxy) is 1. The van der Waals surface area contributed by atoms with Crippen LogP contribution < -0.4 is 4.74 Å². The molecule has 1 amide bonds. The summed E-state index contributed by atoms with van der Waals surface area (Å²) in [5.74, 6) is 1.27. The number of aromatic nitrogens is 1. The molecule has 0 N–H and O–H groups in total. The van der Waals surface area contributed by atoms with E-state index in [-0.39, 0.29) is 61.1 Å². The van der Waals surface area contributed by atoms with Gasteiger partial charge in [0, 0.05) is 82.2 Å². The highest BCUT2D eigenvalue weighted by Crippen LogP contribution is 2.36. The second kappa shape index (κ2) is 14.7. The molecule has 2 aliphatic rings. The van der Waals surface area contributed by atoms with Gasteiger partial charge in [-0.25, -0.2) is 0 Å². The molecule has 0 bridgehead atoms. The highest BCUT2D eigenvalue weighted by atomic mass is 35.5. The summed E-state index contributed by atoms with van der Waals surface area (Å²) in [4.78, 5) is 23.8. The van der Waals surface area contributed by atoms with E-state index in [0.29, 0.717) is 0 Å². The Morgan fingerprint density at radius 3 is 2.13 bits per heavy atom. The molecule has 2 aromatic carbocycles. The van der Waals surface area contributed by atoms with Crippen LogP contribution in [0.3, 0.4) is 0 Å². The van der Waals surface area contributed by atoms with Crippen LogP contribution in [0.25, 0.3) is 0 Å². The third kappa shape index (κ3) is 6.99. The van der Waals surface area contributed by atoms with Crippen molar-refractivity contribution in [2.75, 3.05) is 39.8 Å². The molecule has 2 atom stereocenters. The molecule has 2 saturated heterocycles. The molecule has 0 unspecified atom stereocenters. The van der Waals surface area contributed by atoms with Crippen LogP contribution in [0.15, 0.2) is 79.1 Å². The molecule has 1 aromatic heterocycles. The predicted molar refractivity (Wildman–Crippen MR) is 159 cm³/mol. The third-order valence-electron chi connectivity index (χ3n) is 7.49. The van der Waals surface area contributed by atoms with Crippen LogP contribution in [-0.2, 0) is 11.3 Å². The Hall–Kier alpha value is -2.35. The van der Waals surface area contributed by atoms with Crippen LogP contribution in [0.5, 0.6) is 5.75 Å². The molecule has 6 nitrogen and oxygen atoms in total. The van der Waals surface area contributed by atoms with Gasteiger partial charge in [0.15, 0.2) is 0 Å². The van der Waals surface area contributed by atoms with Crippen LogP contribution >= 0.6 is 37.2 Å². The Kier molecular flexibility index (Phi) is 12.3. The summed E-state index contributed by atoms with van der Waals surface area (Å²) in [5.41, 5.74) is 3.76. The summed E-state index contributed by atoms with van der Waals surface area (Å²) in [5, 5.41) is 0. The summed E-state index contributed by atoms with van der Waals surface area (Å²) in [6.45, 7) is 6.75. The average molecular weight is 580 g/mol. The fourth-order valence-corrected chi connectivity index (χ4v) is 5.85. The van der Waals surface area contributed by atoms with E-state index in [4.69, 9.17) is 4.74 Å². The van der Waals surface area contributed by atoms with Gasteiger partial charge >= 0.3 is 0 Å². The zero-order chi connectivity index (χ0) is 24.2. The fourth-order valence-electron chi connectivity index (χ4n) is 5.85. The van der Waals surface area contributed by atoms with Gasteiger partial charge in [0.2, 0.25) is 5.91 Å². The number of rotatable bonds is 6. The van der Waals surface area contributed by atoms with Crippen molar-refractivity contribution in [2.45, 2.75) is 31.5 Å². The number of carbonyl (C=O) groups is 1. The van der Waals surface area contributed by atoms with Crippen LogP contribution in [0.4, 0.5) is 0 Å². The maximum absolute atomic E-state index is 12.3. The molecule has 0 spiro atoms. The summed E-state index contributed by atoms with van der Waals surface area (Å²) in [6.07, 6.45) is 3.69. The third-order valence-corrected chi connectivity index (χ3v) is 7.49. The van der Waals surface area contributed by atoms with Crippen LogP contribution in [-0.4, -0.2) is 77.5 Å². The largest absolute Gasteiger partial charge is 0.496 e. The van der Waals surface area contributed by atoms with Crippen molar-refractivity contribution in [1.29, 1.82) is 0 Å². The van der Waals surface area contributed by atoms with Crippen molar-refractivity contribution >= 4 is 43.1 Å². The van der Waals surface area contributed by atoms with E-state index < -0.39 is 0 Å². The quantitative estimate of drug-likeness (QED) is 0.416. The SMILES string of the molecule is COc1ccncc1CN1C[C@@H]2CN(C(C)=O)CCN2[C@H](C(c2ccccc2)c2ccccc2)C1.Cl.Cl.Cl. The molecule has 206 valence electrons. The molecular formula is C29H37Cl3N4O2. The van der Waals surface area contributed by atoms with Crippen molar-refractivity contribution in [3.63, 3.8) is 0 Å². The number of piperazine rings is 2. The van der Waals surface area contributed by atoms with E-state index in [0.717, 1.165) is 50.6 Å². The van der Waals surface area contributed by atoms with Crippen LogP contribution in [0.1, 0.15) is 29.5 Å². The molecular weight excluding hydrogens is 543 g/mol. The highest BCUT2D eigenvalue weighted by molar-refractivity contribution is 5.86. The molecule has 5 rings (SSSR count). The van der Waals surface area contributed by atoms with E-state index in [2.05, 4.69) is 75.4 Å². The number of halogens is 3. The summed E-state index contributed by atoms with van der Waals surface area (Å²) < 4.78 is 5.62. The van der Waals surface area contributed by atoms with Gasteiger partial charge < -0.3 is 9.64 Å². The number of benzene rings is 2. The zero-order valence-corrected chi connectivity index (χ0v) is 24.3. The lowest BCUT2D eigenvalue weighted by molar-refractivity contribution is -0.134. The maximum atomic E-state index is 12.3. The second-order valence-corrected chi connectivity index (χ2v) is 9.60. The number of fused-ring (bicyclic) bond motifs is 1. The van der Waals surface area contributed by atoms with Gasteiger partial charge in [-0.05, 0) is 17.2 Å². The standard InChI is InChI=1S/C29H34N4O2.3ClH/c1-22(34)32-15-16-33-26(20-32)19-31(18-25-17-30-14-13-28(25)35-2)21-27(33)29(23-9-5-3-6-10-23)24-11-7-4-8-12-24;;;/h3-14,17,26-27,29H,15-16,18-21H2,1-2H3;3*1H/t26-,27+;;;/m1.../s1. The van der Waals surface area contributed by atoms with Crippen molar-refractivity contribution in [2.24, 2.45) is 0 Å². The molecule has 2 aliphatic heterocycles. The van der Waals surface area contributed by atoms with Gasteiger partial charge in [-0.2, -0.15) is 0 Å². The minimum Gasteiger partial charge on any atom is -0.496 e. The van der Waals surface area contributed by atoms with Crippen LogP contribution in [0, 0.1) is 0 Å². The highest BCUT2D eigenvalue weighted by Gasteiger charge is 2.42. The van der Waals surface area contributed by atoms with Gasteiger partial charge in [-0.1, -0.05) is 60.7 Å². The molecule has 0 saturated carbocycles. The van der Waals surface area contributed by atoms with E-state index >= 15 is 0 Å². The van der Waals surface area contributed by atoms with Crippen molar-refractivity contribution in [3.8, 4) is 5.75 Å². The maximum Gasteiger partial charge on any atom is 0.219 e. The van der Waals surface area contributed by atoms with Crippen molar-refractivity contribution < 1.29 is 9.53 Å². The molecule has 3 aromatic rings. The first-order valence-corrected chi connectivity index (χ1v) is 12.4. The van der Waals surface area contributed by atoms with Gasteiger partial charge in [0.25, 0.3) is 0 Å². The molecule has 0 aliphatic carbocycles. The van der Waals surface area contributed by atoms with E-state index in [9.17, 15) is 4.79 Å². The Bertz CT molecular complexity index is 1100. The number of hydrogen-bond acceptors (Lipinski definition) is 5. The number of nitrogens with zero attached hydrogens (tertiary/aromatic N) is 4. The fraction of sp³-hybridized carbons (Fsp3) is 0.379. The zero-order valence-electron chi connectivity index (χ0n) is 21.8. The number of pyridine rings is 1. The van der Waals surface area contributed by atoms with Gasteiger partial charge in [0.1, 0.15) is 5.75 Å². The Morgan fingerprint density at radius 1 is 0.921 bits per heavy atom. The minimum atomic E-state index is 0. The van der Waals surface area contributed by atoms with E-state index in [1.165, 1.54) is 11.1 Å². The molecule has 2 fully saturated rings. The van der Waals surface area contributed by atoms with Crippen LogP contribution in [0.2, 0.25) is 0 Å². The first kappa shape index (κ1) is 31.9. The Labute approximate surface area is 244 Å². The Balaban J connectivity index is 0.00000169. The number of carbonyl (C=O) groups excluding carboxylic acids is 1. The molecule has 3 heterocycles. The smallest absolute Gasteiger partial charge is 0.219 e. The summed E-state index contributed by atoms with van der Waals surface area (Å²) in [6, 6.07) is 24.2. The van der Waals surface area contributed by atoms with E-state index in [1.54, 1.807) is 20.2 Å². The monoisotopic (exact) mass is 578 g/mol. The van der Waals surface area contributed by atoms with Crippen molar-refractivity contribution in [1.82, 2.24) is 19.7 Å². The summed E-state index contributed by atoms with van der Waals surface area (Å²) >= 11 is 0. The lowest BCUT2D eigenvalue weighted by Crippen LogP contribution is -2.67. The number of amides is 1. The van der Waals surface area contributed by atoms with Gasteiger partial charge in [0.05, 0.1) is 7.11 Å². The van der Waals surface area contributed by atoms with Crippen molar-refractivity contribution in [3.05, 3.63) is 95.8 Å². The molecule has 0 radical (unpaired) electrons. The Morgan fingerprint density at radius 2 is 1.55 bits per heavy atom. The number of methoxy groups -OCH3 is 1. The minimum absolute atomic E-state index is 0. The van der Waals surface area contributed by atoms with E-state index in [1.807, 2.05) is 17.2 Å². The lowest BCUT2D eigenvalue weighted by atomic mass is 9.81.